The molecule has 0 aliphatic carbocycles. The van der Waals surface area contributed by atoms with E-state index >= 15 is 0 Å². The first-order chi connectivity index (χ1) is 13.3. The molecule has 0 spiro atoms. The lowest BCUT2D eigenvalue weighted by Gasteiger charge is -2.33. The molecular formula is C21H33N3O4. The number of nitrogens with zero attached hydrogens (tertiary/aromatic N) is 1. The number of carbonyl (C=O) groups excluding carboxylic acids is 2. The Kier molecular flexibility index (Phi) is 7.96. The summed E-state index contributed by atoms with van der Waals surface area (Å²) in [4.78, 5) is 25.8. The topological polar surface area (TPSA) is 79.9 Å². The standard InChI is InChI=1S/C21H33N3O4/c1-5-6-16-7-9-18(10-8-16)27-15-22-19(25)23-17-11-13-24(14-12-17)20(26)28-21(2,3)4/h7-10,17H,5-6,11-15H2,1-4H3,(H2,22,23,25). The van der Waals surface area contributed by atoms with E-state index in [1.54, 1.807) is 4.90 Å². The van der Waals surface area contributed by atoms with Gasteiger partial charge in [0, 0.05) is 19.1 Å². The first kappa shape index (κ1) is 21.9. The average Bonchev–Trinajstić information content (AvgIpc) is 2.62. The third-order valence-corrected chi connectivity index (χ3v) is 4.42. The van der Waals surface area contributed by atoms with Gasteiger partial charge in [0.15, 0.2) is 6.73 Å². The minimum absolute atomic E-state index is 0.0343. The quantitative estimate of drug-likeness (QED) is 0.725. The highest BCUT2D eigenvalue weighted by molar-refractivity contribution is 5.74. The molecule has 0 radical (unpaired) electrons. The summed E-state index contributed by atoms with van der Waals surface area (Å²) in [7, 11) is 0. The van der Waals surface area contributed by atoms with Crippen molar-refractivity contribution in [1.82, 2.24) is 15.5 Å². The van der Waals surface area contributed by atoms with Crippen molar-refractivity contribution >= 4 is 12.1 Å². The van der Waals surface area contributed by atoms with Gasteiger partial charge in [-0.05, 0) is 57.7 Å². The molecule has 3 amide bonds. The number of nitrogens with one attached hydrogen (secondary N) is 2. The lowest BCUT2D eigenvalue weighted by Crippen LogP contribution is -2.50. The Labute approximate surface area is 167 Å². The van der Waals surface area contributed by atoms with Gasteiger partial charge in [-0.3, -0.25) is 0 Å². The maximum absolute atomic E-state index is 12.1. The first-order valence-electron chi connectivity index (χ1n) is 10.0. The second-order valence-corrected chi connectivity index (χ2v) is 8.07. The molecule has 1 aromatic carbocycles. The third-order valence-electron chi connectivity index (χ3n) is 4.42. The molecule has 1 aliphatic heterocycles. The van der Waals surface area contributed by atoms with Gasteiger partial charge < -0.3 is 25.0 Å². The molecule has 1 aliphatic rings. The fourth-order valence-corrected chi connectivity index (χ4v) is 3.00. The summed E-state index contributed by atoms with van der Waals surface area (Å²) in [6.45, 7) is 8.95. The zero-order valence-corrected chi connectivity index (χ0v) is 17.4. The van der Waals surface area contributed by atoms with Crippen molar-refractivity contribution in [2.45, 2.75) is 65.0 Å². The number of amides is 3. The van der Waals surface area contributed by atoms with Crippen molar-refractivity contribution in [3.8, 4) is 5.75 Å². The van der Waals surface area contributed by atoms with E-state index in [0.717, 1.165) is 18.6 Å². The molecule has 0 unspecified atom stereocenters. The predicted octanol–water partition coefficient (Wildman–Crippen LogP) is 3.67. The van der Waals surface area contributed by atoms with Gasteiger partial charge in [-0.2, -0.15) is 0 Å². The van der Waals surface area contributed by atoms with Gasteiger partial charge in [-0.1, -0.05) is 25.5 Å². The molecular weight excluding hydrogens is 358 g/mol. The van der Waals surface area contributed by atoms with Crippen LogP contribution in [0, 0.1) is 0 Å². The molecule has 2 rings (SSSR count). The normalized spacial score (nSPS) is 15.1. The molecule has 7 heteroatoms. The number of likely N-dealkylation sites (tertiary alicyclic amines) is 1. The zero-order valence-electron chi connectivity index (χ0n) is 17.4. The third kappa shape index (κ3) is 7.66. The van der Waals surface area contributed by atoms with Crippen LogP contribution in [-0.2, 0) is 11.2 Å². The van der Waals surface area contributed by atoms with Crippen LogP contribution in [0.25, 0.3) is 0 Å². The maximum Gasteiger partial charge on any atom is 0.410 e. The summed E-state index contributed by atoms with van der Waals surface area (Å²) in [6.07, 6.45) is 3.26. The second-order valence-electron chi connectivity index (χ2n) is 8.07. The van der Waals surface area contributed by atoms with Gasteiger partial charge in [0.25, 0.3) is 0 Å². The first-order valence-corrected chi connectivity index (χ1v) is 10.0. The molecule has 7 nitrogen and oxygen atoms in total. The van der Waals surface area contributed by atoms with Crippen molar-refractivity contribution in [3.05, 3.63) is 29.8 Å². The van der Waals surface area contributed by atoms with Gasteiger partial charge in [0.2, 0.25) is 0 Å². The highest BCUT2D eigenvalue weighted by atomic mass is 16.6. The number of hydrogen-bond acceptors (Lipinski definition) is 4. The lowest BCUT2D eigenvalue weighted by atomic mass is 10.1. The summed E-state index contributed by atoms with van der Waals surface area (Å²) in [5.41, 5.74) is 0.779. The minimum atomic E-state index is -0.498. The van der Waals surface area contributed by atoms with Gasteiger partial charge in [-0.25, -0.2) is 9.59 Å². The van der Waals surface area contributed by atoms with Crippen molar-refractivity contribution in [1.29, 1.82) is 0 Å². The number of aryl methyl sites for hydroxylation is 1. The largest absolute Gasteiger partial charge is 0.473 e. The van der Waals surface area contributed by atoms with Crippen LogP contribution in [0.15, 0.2) is 24.3 Å². The number of ether oxygens (including phenoxy) is 2. The number of benzene rings is 1. The molecule has 156 valence electrons. The van der Waals surface area contributed by atoms with Gasteiger partial charge in [0.05, 0.1) is 0 Å². The van der Waals surface area contributed by atoms with Crippen LogP contribution in [0.4, 0.5) is 9.59 Å². The summed E-state index contributed by atoms with van der Waals surface area (Å²) < 4.78 is 10.9. The Morgan fingerprint density at radius 1 is 1.14 bits per heavy atom. The lowest BCUT2D eigenvalue weighted by molar-refractivity contribution is 0.0201. The summed E-state index contributed by atoms with van der Waals surface area (Å²) in [5.74, 6) is 0.728. The van der Waals surface area contributed by atoms with Gasteiger partial charge in [0.1, 0.15) is 11.4 Å². The summed E-state index contributed by atoms with van der Waals surface area (Å²) >= 11 is 0. The second kappa shape index (κ2) is 10.2. The summed E-state index contributed by atoms with van der Waals surface area (Å²) in [5, 5.41) is 5.64. The highest BCUT2D eigenvalue weighted by Gasteiger charge is 2.27. The monoisotopic (exact) mass is 391 g/mol. The Hall–Kier alpha value is -2.44. The van der Waals surface area contributed by atoms with E-state index in [0.29, 0.717) is 25.9 Å². The van der Waals surface area contributed by atoms with Gasteiger partial charge >= 0.3 is 12.1 Å². The SMILES string of the molecule is CCCc1ccc(OCNC(=O)NC2CCN(C(=O)OC(C)(C)C)CC2)cc1. The van der Waals surface area contributed by atoms with E-state index in [4.69, 9.17) is 9.47 Å². The highest BCUT2D eigenvalue weighted by Crippen LogP contribution is 2.16. The predicted molar refractivity (Wildman–Crippen MR) is 108 cm³/mol. The van der Waals surface area contributed by atoms with Crippen molar-refractivity contribution in [2.24, 2.45) is 0 Å². The Morgan fingerprint density at radius 2 is 1.79 bits per heavy atom. The zero-order chi connectivity index (χ0) is 20.6. The fourth-order valence-electron chi connectivity index (χ4n) is 3.00. The molecule has 0 saturated carbocycles. The molecule has 1 saturated heterocycles. The molecule has 1 aromatic rings. The molecule has 1 fully saturated rings. The van der Waals surface area contributed by atoms with E-state index in [-0.39, 0.29) is 24.9 Å². The van der Waals surface area contributed by atoms with Gasteiger partial charge in [-0.15, -0.1) is 0 Å². The van der Waals surface area contributed by atoms with Crippen LogP contribution >= 0.6 is 0 Å². The molecule has 0 aromatic heterocycles. The Balaban J connectivity index is 1.64. The smallest absolute Gasteiger partial charge is 0.410 e. The van der Waals surface area contributed by atoms with Crippen LogP contribution < -0.4 is 15.4 Å². The van der Waals surface area contributed by atoms with Crippen molar-refractivity contribution < 1.29 is 19.1 Å². The van der Waals surface area contributed by atoms with E-state index in [9.17, 15) is 9.59 Å². The molecule has 0 bridgehead atoms. The number of urea groups is 1. The Bertz CT molecular complexity index is 632. The number of piperidine rings is 1. The average molecular weight is 392 g/mol. The van der Waals surface area contributed by atoms with Crippen LogP contribution in [0.1, 0.15) is 52.5 Å². The minimum Gasteiger partial charge on any atom is -0.473 e. The number of carbonyl (C=O) groups is 2. The van der Waals surface area contributed by atoms with E-state index in [1.807, 2.05) is 45.0 Å². The van der Waals surface area contributed by atoms with E-state index < -0.39 is 5.60 Å². The van der Waals surface area contributed by atoms with Crippen LogP contribution in [-0.4, -0.2) is 48.5 Å². The Morgan fingerprint density at radius 3 is 2.36 bits per heavy atom. The fraction of sp³-hybridized carbons (Fsp3) is 0.619. The van der Waals surface area contributed by atoms with Crippen LogP contribution in [0.2, 0.25) is 0 Å². The van der Waals surface area contributed by atoms with E-state index in [1.165, 1.54) is 5.56 Å². The van der Waals surface area contributed by atoms with Crippen LogP contribution in [0.5, 0.6) is 5.75 Å². The number of hydrogen-bond donors (Lipinski definition) is 2. The maximum atomic E-state index is 12.1. The van der Waals surface area contributed by atoms with Crippen LogP contribution in [0.3, 0.4) is 0 Å². The van der Waals surface area contributed by atoms with E-state index in [2.05, 4.69) is 17.6 Å². The molecule has 28 heavy (non-hydrogen) atoms. The molecule has 0 atom stereocenters. The van der Waals surface area contributed by atoms with Crippen molar-refractivity contribution in [2.75, 3.05) is 19.8 Å². The molecule has 2 N–H and O–H groups in total. The molecule has 1 heterocycles. The number of rotatable bonds is 6. The summed E-state index contributed by atoms with van der Waals surface area (Å²) in [6, 6.07) is 7.67. The van der Waals surface area contributed by atoms with Crippen molar-refractivity contribution in [3.63, 3.8) is 0 Å².